The molecule has 0 rings (SSSR count). The van der Waals surface area contributed by atoms with Gasteiger partial charge in [-0.15, -0.1) is 0 Å². The van der Waals surface area contributed by atoms with Crippen molar-refractivity contribution >= 4 is 71.3 Å². The molecule has 0 aromatic carbocycles. The highest BCUT2D eigenvalue weighted by molar-refractivity contribution is 9.12. The average Bonchev–Trinajstić information content (AvgIpc) is 2.32. The van der Waals surface area contributed by atoms with Crippen LogP contribution in [-0.2, 0) is 13.6 Å². The lowest BCUT2D eigenvalue weighted by atomic mass is 10.5. The van der Waals surface area contributed by atoms with E-state index in [1.807, 2.05) is 0 Å². The second kappa shape index (κ2) is 9.93. The first kappa shape index (κ1) is 18.1. The molecule has 3 nitrogen and oxygen atoms in total. The van der Waals surface area contributed by atoms with Crippen molar-refractivity contribution in [1.82, 2.24) is 0 Å². The van der Waals surface area contributed by atoms with Crippen LogP contribution in [0.25, 0.3) is 0 Å². The Hall–Kier alpha value is 2.07. The molecule has 8 heteroatoms. The monoisotopic (exact) mass is 506 g/mol. The highest BCUT2D eigenvalue weighted by Gasteiger charge is 2.24. The third-order valence-electron chi connectivity index (χ3n) is 1.63. The molecule has 0 aromatic rings. The summed E-state index contributed by atoms with van der Waals surface area (Å²) in [6.07, 6.45) is 0.386. The van der Waals surface area contributed by atoms with E-state index in [2.05, 4.69) is 63.7 Å². The molecular weight excluding hydrogens is 495 g/mol. The van der Waals surface area contributed by atoms with Crippen LogP contribution < -0.4 is 0 Å². The van der Waals surface area contributed by atoms with E-state index in [0.29, 0.717) is 19.4 Å². The quantitative estimate of drug-likeness (QED) is 0.338. The van der Waals surface area contributed by atoms with Crippen LogP contribution in [0, 0.1) is 0 Å². The molecule has 98 valence electrons. The van der Waals surface area contributed by atoms with Gasteiger partial charge in [0.2, 0.25) is 0 Å². The number of halogens is 4. The molecule has 0 saturated heterocycles. The predicted octanol–water partition coefficient (Wildman–Crippen LogP) is 4.55. The van der Waals surface area contributed by atoms with Gasteiger partial charge in [0, 0.05) is 26.5 Å². The largest absolute Gasteiger partial charge is 0.330 e. The van der Waals surface area contributed by atoms with E-state index in [4.69, 9.17) is 9.05 Å². The maximum atomic E-state index is 12.1. The van der Waals surface area contributed by atoms with Gasteiger partial charge in [-0.2, -0.15) is 0 Å². The molecule has 0 spiro atoms. The van der Waals surface area contributed by atoms with Crippen molar-refractivity contribution in [3.63, 3.8) is 0 Å². The first-order chi connectivity index (χ1) is 7.47. The molecule has 2 unspecified atom stereocenters. The summed E-state index contributed by atoms with van der Waals surface area (Å²) in [5.41, 5.74) is 0. The van der Waals surface area contributed by atoms with Crippen molar-refractivity contribution < 1.29 is 13.6 Å². The molecule has 0 aromatic heterocycles. The number of hydrogen-bond donors (Lipinski definition) is 0. The minimum absolute atomic E-state index is 0.145. The third kappa shape index (κ3) is 8.22. The van der Waals surface area contributed by atoms with Crippen LogP contribution in [0.15, 0.2) is 0 Å². The molecule has 2 atom stereocenters. The molecule has 0 heterocycles. The van der Waals surface area contributed by atoms with Crippen LogP contribution in [0.4, 0.5) is 0 Å². The Balaban J connectivity index is 4.05. The van der Waals surface area contributed by atoms with E-state index in [1.165, 1.54) is 0 Å². The van der Waals surface area contributed by atoms with Gasteiger partial charge in [0.05, 0.1) is 13.2 Å². The van der Waals surface area contributed by atoms with Gasteiger partial charge in [-0.25, -0.2) is 0 Å². The molecule has 0 fully saturated rings. The summed E-state index contributed by atoms with van der Waals surface area (Å²) in [6, 6.07) is 0. The summed E-state index contributed by atoms with van der Waals surface area (Å²) in [7, 11) is -2.94. The van der Waals surface area contributed by atoms with Crippen molar-refractivity contribution in [2.24, 2.45) is 0 Å². The van der Waals surface area contributed by atoms with E-state index >= 15 is 0 Å². The van der Waals surface area contributed by atoms with Gasteiger partial charge >= 0.3 is 7.60 Å². The summed E-state index contributed by atoms with van der Waals surface area (Å²) >= 11 is 13.4. The van der Waals surface area contributed by atoms with Crippen LogP contribution in [0.1, 0.15) is 6.92 Å². The van der Waals surface area contributed by atoms with Gasteiger partial charge in [-0.05, 0) is 0 Å². The molecular formula is C8H15Br4O3P. The van der Waals surface area contributed by atoms with Crippen molar-refractivity contribution in [2.45, 2.75) is 16.6 Å². The van der Waals surface area contributed by atoms with Crippen LogP contribution in [0.2, 0.25) is 0 Å². The van der Waals surface area contributed by atoms with E-state index in [-0.39, 0.29) is 9.65 Å². The van der Waals surface area contributed by atoms with Crippen molar-refractivity contribution in [3.05, 3.63) is 0 Å². The summed E-state index contributed by atoms with van der Waals surface area (Å²) in [6.45, 7) is 2.55. The van der Waals surface area contributed by atoms with Gasteiger partial charge in [0.1, 0.15) is 0 Å². The van der Waals surface area contributed by atoms with Gasteiger partial charge in [-0.3, -0.25) is 4.57 Å². The third-order valence-corrected chi connectivity index (χ3v) is 7.96. The molecule has 0 aliphatic heterocycles. The minimum atomic E-state index is -2.94. The highest BCUT2D eigenvalue weighted by Crippen LogP contribution is 2.48. The summed E-state index contributed by atoms with van der Waals surface area (Å²) in [5, 5.41) is 1.50. The normalized spacial score (nSPS) is 19.1. The van der Waals surface area contributed by atoms with Crippen molar-refractivity contribution in [2.75, 3.05) is 30.0 Å². The Morgan fingerprint density at radius 1 is 1.06 bits per heavy atom. The molecule has 0 aliphatic rings. The van der Waals surface area contributed by atoms with Gasteiger partial charge < -0.3 is 9.05 Å². The smallest absolute Gasteiger partial charge is 0.307 e. The standard InChI is InChI=1S/C8H15Br4O3P/c1-2-16(13,14-5-7(11)3-9)15-6-8(12)4-10/h7-8H,2-6H2,1H3. The van der Waals surface area contributed by atoms with Crippen molar-refractivity contribution in [3.8, 4) is 0 Å². The summed E-state index contributed by atoms with van der Waals surface area (Å²) in [4.78, 5) is 0.291. The first-order valence-electron chi connectivity index (χ1n) is 4.75. The maximum Gasteiger partial charge on any atom is 0.330 e. The SMILES string of the molecule is CCP(=O)(OCC(Br)CBr)OCC(Br)CBr. The Labute approximate surface area is 130 Å². The summed E-state index contributed by atoms with van der Waals surface area (Å²) < 4.78 is 22.8. The fraction of sp³-hybridized carbons (Fsp3) is 1.00. The molecule has 0 amide bonds. The van der Waals surface area contributed by atoms with E-state index in [9.17, 15) is 4.57 Å². The fourth-order valence-electron chi connectivity index (χ4n) is 0.698. The zero-order valence-electron chi connectivity index (χ0n) is 8.87. The number of rotatable bonds is 9. The lowest BCUT2D eigenvalue weighted by Crippen LogP contribution is -2.14. The molecule has 0 bridgehead atoms. The topological polar surface area (TPSA) is 35.5 Å². The second-order valence-electron chi connectivity index (χ2n) is 3.02. The zero-order valence-corrected chi connectivity index (χ0v) is 16.1. The second-order valence-corrected chi connectivity index (χ2v) is 9.28. The number of hydrogen-bond acceptors (Lipinski definition) is 3. The van der Waals surface area contributed by atoms with Crippen molar-refractivity contribution in [1.29, 1.82) is 0 Å². The molecule has 0 radical (unpaired) electrons. The van der Waals surface area contributed by atoms with Crippen LogP contribution in [0.5, 0.6) is 0 Å². The predicted molar refractivity (Wildman–Crippen MR) is 83.1 cm³/mol. The Bertz CT molecular complexity index is 211. The average molecular weight is 510 g/mol. The van der Waals surface area contributed by atoms with Crippen LogP contribution in [0.3, 0.4) is 0 Å². The lowest BCUT2D eigenvalue weighted by Gasteiger charge is -2.19. The minimum Gasteiger partial charge on any atom is -0.307 e. The van der Waals surface area contributed by atoms with E-state index in [1.54, 1.807) is 6.92 Å². The maximum absolute atomic E-state index is 12.1. The Morgan fingerprint density at radius 3 is 1.69 bits per heavy atom. The fourth-order valence-corrected chi connectivity index (χ4v) is 3.00. The van der Waals surface area contributed by atoms with Gasteiger partial charge in [0.15, 0.2) is 0 Å². The Morgan fingerprint density at radius 2 is 1.44 bits per heavy atom. The van der Waals surface area contributed by atoms with E-state index in [0.717, 1.165) is 10.7 Å². The molecule has 0 aliphatic carbocycles. The van der Waals surface area contributed by atoms with Crippen LogP contribution >= 0.6 is 71.3 Å². The van der Waals surface area contributed by atoms with E-state index < -0.39 is 7.60 Å². The highest BCUT2D eigenvalue weighted by atomic mass is 79.9. The number of alkyl halides is 4. The molecule has 0 saturated carbocycles. The molecule has 0 N–H and O–H groups in total. The van der Waals surface area contributed by atoms with Gasteiger partial charge in [-0.1, -0.05) is 70.6 Å². The van der Waals surface area contributed by atoms with Gasteiger partial charge in [0.25, 0.3) is 0 Å². The zero-order chi connectivity index (χ0) is 12.6. The van der Waals surface area contributed by atoms with Crippen LogP contribution in [-0.4, -0.2) is 39.7 Å². The summed E-state index contributed by atoms with van der Waals surface area (Å²) in [5.74, 6) is 0. The molecule has 16 heavy (non-hydrogen) atoms. The Kier molecular flexibility index (Phi) is 11.2. The first-order valence-corrected chi connectivity index (χ1v) is 10.6. The lowest BCUT2D eigenvalue weighted by molar-refractivity contribution is 0.211.